The van der Waals surface area contributed by atoms with Gasteiger partial charge in [0, 0.05) is 26.0 Å². The minimum Gasteiger partial charge on any atom is -0.382 e. The van der Waals surface area contributed by atoms with Gasteiger partial charge in [-0.1, -0.05) is 6.07 Å². The van der Waals surface area contributed by atoms with E-state index in [0.29, 0.717) is 5.11 Å². The summed E-state index contributed by atoms with van der Waals surface area (Å²) in [6.07, 6.45) is 2.68. The summed E-state index contributed by atoms with van der Waals surface area (Å²) in [5.41, 5.74) is 1.07. The van der Waals surface area contributed by atoms with Gasteiger partial charge < -0.3 is 15.4 Å². The lowest BCUT2D eigenvalue weighted by atomic mass is 10.3. The van der Waals surface area contributed by atoms with Gasteiger partial charge >= 0.3 is 0 Å². The average molecular weight is 253 g/mol. The third-order valence-electron chi connectivity index (χ3n) is 2.20. The van der Waals surface area contributed by atoms with Crippen LogP contribution in [0.25, 0.3) is 0 Å². The van der Waals surface area contributed by atoms with E-state index < -0.39 is 0 Å². The van der Waals surface area contributed by atoms with Crippen LogP contribution in [0.15, 0.2) is 18.3 Å². The van der Waals surface area contributed by atoms with Crippen LogP contribution in [0.4, 0.5) is 5.82 Å². The van der Waals surface area contributed by atoms with Crippen molar-refractivity contribution in [1.29, 1.82) is 0 Å². The van der Waals surface area contributed by atoms with Crippen LogP contribution in [0.5, 0.6) is 0 Å². The Morgan fingerprint density at radius 1 is 1.53 bits per heavy atom. The smallest absolute Gasteiger partial charge is 0.171 e. The zero-order valence-electron chi connectivity index (χ0n) is 10.3. The zero-order valence-corrected chi connectivity index (χ0v) is 11.1. The molecule has 0 aromatic carbocycles. The highest BCUT2D eigenvalue weighted by atomic mass is 32.1. The van der Waals surface area contributed by atoms with Crippen molar-refractivity contribution in [2.75, 3.05) is 25.1 Å². The number of ether oxygens (including phenoxy) is 1. The molecule has 0 atom stereocenters. The maximum Gasteiger partial charge on any atom is 0.171 e. The van der Waals surface area contributed by atoms with Crippen LogP contribution in [0.2, 0.25) is 0 Å². The molecule has 0 spiro atoms. The number of pyridine rings is 1. The zero-order chi connectivity index (χ0) is 12.5. The third-order valence-corrected chi connectivity index (χ3v) is 2.44. The summed E-state index contributed by atoms with van der Waals surface area (Å²) in [4.78, 5) is 4.21. The number of rotatable bonds is 6. The number of aryl methyl sites for hydroxylation is 1. The van der Waals surface area contributed by atoms with E-state index in [2.05, 4.69) is 15.6 Å². The van der Waals surface area contributed by atoms with Crippen molar-refractivity contribution in [2.45, 2.75) is 20.3 Å². The van der Waals surface area contributed by atoms with Crippen LogP contribution in [-0.4, -0.2) is 29.9 Å². The molecule has 1 rings (SSSR count). The Balaban J connectivity index is 2.23. The second kappa shape index (κ2) is 7.97. The van der Waals surface area contributed by atoms with Crippen molar-refractivity contribution in [3.63, 3.8) is 0 Å². The molecule has 2 N–H and O–H groups in total. The second-order valence-corrected chi connectivity index (χ2v) is 4.01. The van der Waals surface area contributed by atoms with Gasteiger partial charge in [-0.25, -0.2) is 4.98 Å². The van der Waals surface area contributed by atoms with Gasteiger partial charge in [-0.15, -0.1) is 0 Å². The van der Waals surface area contributed by atoms with Crippen LogP contribution >= 0.6 is 12.2 Å². The number of hydrogen-bond donors (Lipinski definition) is 2. The quantitative estimate of drug-likeness (QED) is 0.600. The molecule has 0 unspecified atom stereocenters. The van der Waals surface area contributed by atoms with Crippen molar-refractivity contribution in [2.24, 2.45) is 0 Å². The highest BCUT2D eigenvalue weighted by molar-refractivity contribution is 7.80. The summed E-state index contributed by atoms with van der Waals surface area (Å²) in [6, 6.07) is 3.89. The van der Waals surface area contributed by atoms with E-state index >= 15 is 0 Å². The number of hydrogen-bond acceptors (Lipinski definition) is 3. The minimum atomic E-state index is 0.600. The monoisotopic (exact) mass is 253 g/mol. The van der Waals surface area contributed by atoms with Crippen molar-refractivity contribution in [3.8, 4) is 0 Å². The Morgan fingerprint density at radius 3 is 3.06 bits per heavy atom. The molecule has 0 fully saturated rings. The highest BCUT2D eigenvalue weighted by Gasteiger charge is 2.00. The molecule has 0 aliphatic rings. The van der Waals surface area contributed by atoms with Gasteiger partial charge in [-0.3, -0.25) is 0 Å². The number of aromatic nitrogens is 1. The molecule has 5 heteroatoms. The van der Waals surface area contributed by atoms with Crippen molar-refractivity contribution >= 4 is 23.1 Å². The van der Waals surface area contributed by atoms with Crippen LogP contribution < -0.4 is 10.6 Å². The molecule has 1 aromatic heterocycles. The van der Waals surface area contributed by atoms with Gasteiger partial charge in [0.1, 0.15) is 5.82 Å². The van der Waals surface area contributed by atoms with E-state index in [1.165, 1.54) is 0 Å². The van der Waals surface area contributed by atoms with Crippen molar-refractivity contribution in [1.82, 2.24) is 10.3 Å². The lowest BCUT2D eigenvalue weighted by Gasteiger charge is -2.11. The van der Waals surface area contributed by atoms with Crippen molar-refractivity contribution in [3.05, 3.63) is 23.9 Å². The molecule has 94 valence electrons. The summed E-state index contributed by atoms with van der Waals surface area (Å²) >= 11 is 5.17. The highest BCUT2D eigenvalue weighted by Crippen LogP contribution is 2.08. The second-order valence-electron chi connectivity index (χ2n) is 3.60. The summed E-state index contributed by atoms with van der Waals surface area (Å²) in [6.45, 7) is 6.30. The fraction of sp³-hybridized carbons (Fsp3) is 0.500. The molecule has 17 heavy (non-hydrogen) atoms. The normalized spacial score (nSPS) is 10.0. The van der Waals surface area contributed by atoms with E-state index in [1.54, 1.807) is 6.20 Å². The molecule has 0 bridgehead atoms. The number of thiocarbonyl (C=S) groups is 1. The molecular formula is C12H19N3OS. The van der Waals surface area contributed by atoms with Gasteiger partial charge in [0.25, 0.3) is 0 Å². The van der Waals surface area contributed by atoms with E-state index in [9.17, 15) is 0 Å². The molecular weight excluding hydrogens is 234 g/mol. The SMILES string of the molecule is CCOCCCNC(=S)Nc1ncccc1C. The molecule has 1 heterocycles. The molecule has 0 saturated heterocycles. The number of anilines is 1. The molecule has 0 radical (unpaired) electrons. The lowest BCUT2D eigenvalue weighted by Crippen LogP contribution is -2.30. The van der Waals surface area contributed by atoms with Crippen LogP contribution in [0.1, 0.15) is 18.9 Å². The van der Waals surface area contributed by atoms with Gasteiger partial charge in [-0.2, -0.15) is 0 Å². The lowest BCUT2D eigenvalue weighted by molar-refractivity contribution is 0.146. The Kier molecular flexibility index (Phi) is 6.50. The molecule has 0 aliphatic heterocycles. The van der Waals surface area contributed by atoms with E-state index in [0.717, 1.165) is 37.6 Å². The fourth-order valence-corrected chi connectivity index (χ4v) is 1.49. The first kappa shape index (κ1) is 13.9. The third kappa shape index (κ3) is 5.60. The maximum absolute atomic E-state index is 5.24. The van der Waals surface area contributed by atoms with E-state index in [4.69, 9.17) is 17.0 Å². The predicted molar refractivity (Wildman–Crippen MR) is 74.3 cm³/mol. The van der Waals surface area contributed by atoms with Crippen molar-refractivity contribution < 1.29 is 4.74 Å². The molecule has 0 saturated carbocycles. The first-order valence-corrected chi connectivity index (χ1v) is 6.19. The summed E-state index contributed by atoms with van der Waals surface area (Å²) in [5.74, 6) is 0.801. The first-order valence-electron chi connectivity index (χ1n) is 5.78. The first-order chi connectivity index (χ1) is 8.24. The van der Waals surface area contributed by atoms with Crippen LogP contribution in [0, 0.1) is 6.92 Å². The topological polar surface area (TPSA) is 46.2 Å². The Hall–Kier alpha value is -1.20. The summed E-state index contributed by atoms with van der Waals surface area (Å²) in [7, 11) is 0. The molecule has 4 nitrogen and oxygen atoms in total. The Bertz CT molecular complexity index is 357. The van der Waals surface area contributed by atoms with E-state index in [-0.39, 0.29) is 0 Å². The Labute approximate surface area is 108 Å². The number of nitrogens with zero attached hydrogens (tertiary/aromatic N) is 1. The van der Waals surface area contributed by atoms with Gasteiger partial charge in [0.2, 0.25) is 0 Å². The summed E-state index contributed by atoms with van der Waals surface area (Å²) < 4.78 is 5.24. The largest absolute Gasteiger partial charge is 0.382 e. The molecule has 1 aromatic rings. The minimum absolute atomic E-state index is 0.600. The van der Waals surface area contributed by atoms with Gasteiger partial charge in [0.15, 0.2) is 5.11 Å². The summed E-state index contributed by atoms with van der Waals surface area (Å²) in [5, 5.41) is 6.79. The maximum atomic E-state index is 5.24. The van der Waals surface area contributed by atoms with Gasteiger partial charge in [0.05, 0.1) is 0 Å². The van der Waals surface area contributed by atoms with Crippen LogP contribution in [-0.2, 0) is 4.74 Å². The van der Waals surface area contributed by atoms with E-state index in [1.807, 2.05) is 26.0 Å². The Morgan fingerprint density at radius 2 is 2.35 bits per heavy atom. The molecule has 0 amide bonds. The van der Waals surface area contributed by atoms with Gasteiger partial charge in [-0.05, 0) is 44.1 Å². The standard InChI is InChI=1S/C12H19N3OS/c1-3-16-9-5-8-14-12(17)15-11-10(2)6-4-7-13-11/h4,6-7H,3,5,8-9H2,1-2H3,(H2,13,14,15,17). The number of nitrogens with one attached hydrogen (secondary N) is 2. The predicted octanol–water partition coefficient (Wildman–Crippen LogP) is 2.10. The van der Waals surface area contributed by atoms with Crippen LogP contribution in [0.3, 0.4) is 0 Å². The fourth-order valence-electron chi connectivity index (χ4n) is 1.29. The average Bonchev–Trinajstić information content (AvgIpc) is 2.32. The molecule has 0 aliphatic carbocycles.